The number of thiazole rings is 1. The van der Waals surface area contributed by atoms with Crippen molar-refractivity contribution < 1.29 is 13.6 Å². The maximum Gasteiger partial charge on any atom is 0.230 e. The first kappa shape index (κ1) is 19.4. The van der Waals surface area contributed by atoms with Crippen LogP contribution in [0.5, 0.6) is 0 Å². The van der Waals surface area contributed by atoms with Gasteiger partial charge in [0.05, 0.1) is 19.2 Å². The third kappa shape index (κ3) is 4.11. The lowest BCUT2D eigenvalue weighted by atomic mass is 10.00. The number of benzene rings is 1. The molecule has 6 nitrogen and oxygen atoms in total. The predicted octanol–water partition coefficient (Wildman–Crippen LogP) is 5.05. The highest BCUT2D eigenvalue weighted by Gasteiger charge is 2.15. The molecule has 150 valence electrons. The zero-order valence-electron chi connectivity index (χ0n) is 16.5. The van der Waals surface area contributed by atoms with Crippen molar-refractivity contribution >= 4 is 33.3 Å². The predicted molar refractivity (Wildman–Crippen MR) is 115 cm³/mol. The zero-order valence-corrected chi connectivity index (χ0v) is 17.3. The van der Waals surface area contributed by atoms with Gasteiger partial charge in [0.1, 0.15) is 17.0 Å². The molecular formula is C22H23N3O3S. The third-order valence-electron chi connectivity index (χ3n) is 4.85. The Morgan fingerprint density at radius 2 is 2.14 bits per heavy atom. The van der Waals surface area contributed by atoms with Crippen molar-refractivity contribution in [3.63, 3.8) is 0 Å². The van der Waals surface area contributed by atoms with Crippen molar-refractivity contribution in [1.82, 2.24) is 4.98 Å². The Kier molecular flexibility index (Phi) is 5.51. The summed E-state index contributed by atoms with van der Waals surface area (Å²) in [6, 6.07) is 7.85. The number of carbonyl (C=O) groups is 1. The van der Waals surface area contributed by atoms with Crippen LogP contribution in [0.25, 0.3) is 22.4 Å². The summed E-state index contributed by atoms with van der Waals surface area (Å²) in [7, 11) is 0. The minimum atomic E-state index is -0.131. The van der Waals surface area contributed by atoms with Gasteiger partial charge in [-0.05, 0) is 48.7 Å². The molecule has 7 heteroatoms. The van der Waals surface area contributed by atoms with Crippen molar-refractivity contribution in [1.29, 1.82) is 0 Å². The van der Waals surface area contributed by atoms with E-state index in [4.69, 9.17) is 14.6 Å². The number of hydrogen-bond donors (Lipinski definition) is 2. The molecule has 0 saturated heterocycles. The second-order valence-electron chi connectivity index (χ2n) is 7.02. The first-order valence-corrected chi connectivity index (χ1v) is 10.5. The van der Waals surface area contributed by atoms with E-state index in [1.165, 1.54) is 22.5 Å². The van der Waals surface area contributed by atoms with Gasteiger partial charge in [-0.15, -0.1) is 11.3 Å². The monoisotopic (exact) mass is 409 g/mol. The number of hydrogen-bond acceptors (Lipinski definition) is 6. The molecule has 0 aliphatic rings. The SMILES string of the molecule is CCCc1cc2c(CC(=O)Nc3nc(-c4ccc(CN)o4)cs3)coc2cc1C. The highest BCUT2D eigenvalue weighted by Crippen LogP contribution is 2.28. The molecular weight excluding hydrogens is 386 g/mol. The van der Waals surface area contributed by atoms with Gasteiger partial charge in [0.25, 0.3) is 0 Å². The molecule has 3 heterocycles. The normalized spacial score (nSPS) is 11.3. The quantitative estimate of drug-likeness (QED) is 0.445. The molecule has 1 aromatic carbocycles. The van der Waals surface area contributed by atoms with Gasteiger partial charge in [-0.3, -0.25) is 4.79 Å². The number of nitrogens with two attached hydrogens (primary N) is 1. The molecule has 0 atom stereocenters. The maximum atomic E-state index is 12.6. The van der Waals surface area contributed by atoms with E-state index in [0.717, 1.165) is 29.4 Å². The number of anilines is 1. The fourth-order valence-electron chi connectivity index (χ4n) is 3.35. The number of aryl methyl sites for hydroxylation is 2. The van der Waals surface area contributed by atoms with Gasteiger partial charge in [0.2, 0.25) is 5.91 Å². The topological polar surface area (TPSA) is 94.3 Å². The first-order chi connectivity index (χ1) is 14.1. The lowest BCUT2D eigenvalue weighted by Crippen LogP contribution is -2.14. The number of furan rings is 2. The van der Waals surface area contributed by atoms with E-state index in [1.807, 2.05) is 23.6 Å². The van der Waals surface area contributed by atoms with Gasteiger partial charge >= 0.3 is 0 Å². The Balaban J connectivity index is 1.48. The van der Waals surface area contributed by atoms with E-state index in [2.05, 4.69) is 30.2 Å². The summed E-state index contributed by atoms with van der Waals surface area (Å²) in [5.74, 6) is 1.21. The largest absolute Gasteiger partial charge is 0.464 e. The molecule has 0 spiro atoms. The van der Waals surface area contributed by atoms with Crippen molar-refractivity contribution in [2.24, 2.45) is 5.73 Å². The van der Waals surface area contributed by atoms with Crippen molar-refractivity contribution in [2.45, 2.75) is 39.7 Å². The molecule has 0 aliphatic heterocycles. The van der Waals surface area contributed by atoms with E-state index in [1.54, 1.807) is 6.26 Å². The van der Waals surface area contributed by atoms with E-state index >= 15 is 0 Å². The summed E-state index contributed by atoms with van der Waals surface area (Å²) >= 11 is 1.36. The van der Waals surface area contributed by atoms with Crippen LogP contribution < -0.4 is 11.1 Å². The summed E-state index contributed by atoms with van der Waals surface area (Å²) in [5.41, 5.74) is 10.5. The van der Waals surface area contributed by atoms with Gasteiger partial charge in [0.15, 0.2) is 10.9 Å². The van der Waals surface area contributed by atoms with Crippen LogP contribution in [0, 0.1) is 6.92 Å². The van der Waals surface area contributed by atoms with E-state index in [0.29, 0.717) is 28.9 Å². The van der Waals surface area contributed by atoms with Gasteiger partial charge in [0, 0.05) is 16.3 Å². The van der Waals surface area contributed by atoms with Crippen LogP contribution in [0.1, 0.15) is 35.8 Å². The summed E-state index contributed by atoms with van der Waals surface area (Å²) in [4.78, 5) is 17.0. The van der Waals surface area contributed by atoms with Crippen LogP contribution in [0.2, 0.25) is 0 Å². The average Bonchev–Trinajstić information content (AvgIpc) is 3.43. The van der Waals surface area contributed by atoms with Gasteiger partial charge in [-0.1, -0.05) is 13.3 Å². The molecule has 1 amide bonds. The molecule has 0 bridgehead atoms. The second-order valence-corrected chi connectivity index (χ2v) is 7.88. The minimum Gasteiger partial charge on any atom is -0.464 e. The van der Waals surface area contributed by atoms with E-state index in [9.17, 15) is 4.79 Å². The van der Waals surface area contributed by atoms with Crippen molar-refractivity contribution in [3.8, 4) is 11.5 Å². The van der Waals surface area contributed by atoms with Gasteiger partial charge in [-0.25, -0.2) is 4.98 Å². The standard InChI is InChI=1S/C22H23N3O3S/c1-3-4-14-8-17-15(11-27-20(17)7-13(14)2)9-21(26)25-22-24-18(12-29-22)19-6-5-16(10-23)28-19/h5-8,11-12H,3-4,9-10,23H2,1-2H3,(H,24,25,26). The summed E-state index contributed by atoms with van der Waals surface area (Å²) in [6.07, 6.45) is 3.99. The number of fused-ring (bicyclic) bond motifs is 1. The van der Waals surface area contributed by atoms with Crippen molar-refractivity contribution in [2.75, 3.05) is 5.32 Å². The molecule has 3 aromatic heterocycles. The Labute approximate surface area is 172 Å². The Morgan fingerprint density at radius 3 is 2.90 bits per heavy atom. The summed E-state index contributed by atoms with van der Waals surface area (Å²) < 4.78 is 11.3. The number of rotatable bonds is 7. The van der Waals surface area contributed by atoms with Gasteiger partial charge < -0.3 is 19.9 Å². The molecule has 29 heavy (non-hydrogen) atoms. The summed E-state index contributed by atoms with van der Waals surface area (Å²) in [5, 5.41) is 6.25. The number of aromatic nitrogens is 1. The molecule has 0 saturated carbocycles. The molecule has 0 fully saturated rings. The zero-order chi connectivity index (χ0) is 20.4. The molecule has 0 aliphatic carbocycles. The van der Waals surface area contributed by atoms with Gasteiger partial charge in [-0.2, -0.15) is 0 Å². The first-order valence-electron chi connectivity index (χ1n) is 9.61. The van der Waals surface area contributed by atoms with Crippen LogP contribution in [0.4, 0.5) is 5.13 Å². The van der Waals surface area contributed by atoms with E-state index < -0.39 is 0 Å². The maximum absolute atomic E-state index is 12.6. The Morgan fingerprint density at radius 1 is 1.28 bits per heavy atom. The highest BCUT2D eigenvalue weighted by molar-refractivity contribution is 7.14. The number of carbonyl (C=O) groups excluding carboxylic acids is 1. The van der Waals surface area contributed by atoms with Crippen LogP contribution in [0.15, 0.2) is 44.7 Å². The number of nitrogens with one attached hydrogen (secondary N) is 1. The smallest absolute Gasteiger partial charge is 0.230 e. The molecule has 0 unspecified atom stereocenters. The molecule has 0 radical (unpaired) electrons. The fourth-order valence-corrected chi connectivity index (χ4v) is 4.07. The Bertz CT molecular complexity index is 1160. The number of amides is 1. The van der Waals surface area contributed by atoms with Crippen LogP contribution in [-0.2, 0) is 24.2 Å². The molecule has 3 N–H and O–H groups in total. The van der Waals surface area contributed by atoms with Crippen LogP contribution in [-0.4, -0.2) is 10.9 Å². The number of nitrogens with zero attached hydrogens (tertiary/aromatic N) is 1. The van der Waals surface area contributed by atoms with Crippen LogP contribution in [0.3, 0.4) is 0 Å². The fraction of sp³-hybridized carbons (Fsp3) is 0.273. The van der Waals surface area contributed by atoms with Crippen molar-refractivity contribution in [3.05, 3.63) is 58.4 Å². The van der Waals surface area contributed by atoms with Crippen LogP contribution >= 0.6 is 11.3 Å². The average molecular weight is 410 g/mol. The second kappa shape index (κ2) is 8.23. The highest BCUT2D eigenvalue weighted by atomic mass is 32.1. The lowest BCUT2D eigenvalue weighted by Gasteiger charge is -2.05. The lowest BCUT2D eigenvalue weighted by molar-refractivity contribution is -0.115. The third-order valence-corrected chi connectivity index (χ3v) is 5.61. The summed E-state index contributed by atoms with van der Waals surface area (Å²) in [6.45, 7) is 4.59. The van der Waals surface area contributed by atoms with E-state index in [-0.39, 0.29) is 12.3 Å². The Hall–Kier alpha value is -2.90. The molecule has 4 aromatic rings. The minimum absolute atomic E-state index is 0.131. The molecule has 4 rings (SSSR count).